The molecule has 0 aromatic heterocycles. The van der Waals surface area contributed by atoms with Gasteiger partial charge in [0.15, 0.2) is 0 Å². The summed E-state index contributed by atoms with van der Waals surface area (Å²) < 4.78 is 9.73. The second kappa shape index (κ2) is 5.03. The zero-order valence-electron chi connectivity index (χ0n) is 8.98. The number of rotatable bonds is 3. The van der Waals surface area contributed by atoms with Gasteiger partial charge in [-0.15, -0.1) is 0 Å². The lowest BCUT2D eigenvalue weighted by atomic mass is 10.1. The molecule has 1 aromatic rings. The van der Waals surface area contributed by atoms with Crippen LogP contribution in [0.15, 0.2) is 12.1 Å². The first-order chi connectivity index (χ1) is 7.63. The fourth-order valence-electron chi connectivity index (χ4n) is 1.26. The van der Waals surface area contributed by atoms with E-state index in [1.165, 1.54) is 19.2 Å². The molecule has 5 nitrogen and oxygen atoms in total. The molecular weight excluding hydrogens is 210 g/mol. The number of nitrogens with zero attached hydrogens (tertiary/aromatic N) is 1. The molecule has 84 valence electrons. The van der Waals surface area contributed by atoms with Crippen LogP contribution in [0.5, 0.6) is 11.5 Å². The van der Waals surface area contributed by atoms with Crippen molar-refractivity contribution in [3.05, 3.63) is 23.3 Å². The zero-order chi connectivity index (χ0) is 12.1. The number of benzene rings is 1. The van der Waals surface area contributed by atoms with Crippen molar-refractivity contribution >= 4 is 5.97 Å². The Bertz CT molecular complexity index is 448. The molecule has 1 aromatic carbocycles. The SMILES string of the molecule is CCOC(=O)c1c(C#N)cc(O)cc1OC. The minimum atomic E-state index is -0.643. The maximum absolute atomic E-state index is 11.6. The topological polar surface area (TPSA) is 79.6 Å². The van der Waals surface area contributed by atoms with E-state index in [0.717, 1.165) is 0 Å². The monoisotopic (exact) mass is 221 g/mol. The molecule has 0 aliphatic heterocycles. The molecule has 0 unspecified atom stereocenters. The van der Waals surface area contributed by atoms with E-state index in [0.29, 0.717) is 0 Å². The second-order valence-electron chi connectivity index (χ2n) is 2.90. The summed E-state index contributed by atoms with van der Waals surface area (Å²) in [5.41, 5.74) is 0.0555. The van der Waals surface area contributed by atoms with Crippen molar-refractivity contribution in [1.29, 1.82) is 5.26 Å². The highest BCUT2D eigenvalue weighted by Gasteiger charge is 2.19. The predicted molar refractivity (Wildman–Crippen MR) is 55.3 cm³/mol. The van der Waals surface area contributed by atoms with Gasteiger partial charge in [0.05, 0.1) is 19.3 Å². The summed E-state index contributed by atoms with van der Waals surface area (Å²) in [5.74, 6) is -0.660. The van der Waals surface area contributed by atoms with Crippen LogP contribution in [0.1, 0.15) is 22.8 Å². The lowest BCUT2D eigenvalue weighted by Gasteiger charge is -2.09. The molecule has 5 heteroatoms. The van der Waals surface area contributed by atoms with Gasteiger partial charge in [0.25, 0.3) is 0 Å². The Morgan fingerprint density at radius 1 is 1.56 bits per heavy atom. The number of hydrogen-bond donors (Lipinski definition) is 1. The third kappa shape index (κ3) is 2.23. The van der Waals surface area contributed by atoms with Gasteiger partial charge in [-0.25, -0.2) is 4.79 Å². The number of aromatic hydroxyl groups is 1. The van der Waals surface area contributed by atoms with E-state index in [4.69, 9.17) is 14.7 Å². The largest absolute Gasteiger partial charge is 0.508 e. The molecule has 0 fully saturated rings. The fourth-order valence-corrected chi connectivity index (χ4v) is 1.26. The van der Waals surface area contributed by atoms with Gasteiger partial charge < -0.3 is 14.6 Å². The van der Waals surface area contributed by atoms with Crippen LogP contribution in [0.25, 0.3) is 0 Å². The number of phenols is 1. The van der Waals surface area contributed by atoms with Crippen LogP contribution in [-0.4, -0.2) is 24.8 Å². The average molecular weight is 221 g/mol. The molecule has 0 radical (unpaired) electrons. The molecule has 0 atom stereocenters. The lowest BCUT2D eigenvalue weighted by Crippen LogP contribution is -2.09. The normalized spacial score (nSPS) is 9.31. The zero-order valence-corrected chi connectivity index (χ0v) is 8.98. The van der Waals surface area contributed by atoms with E-state index in [-0.39, 0.29) is 29.2 Å². The highest BCUT2D eigenvalue weighted by atomic mass is 16.5. The predicted octanol–water partition coefficient (Wildman–Crippen LogP) is 1.45. The summed E-state index contributed by atoms with van der Waals surface area (Å²) in [6, 6.07) is 4.26. The van der Waals surface area contributed by atoms with Gasteiger partial charge in [-0.3, -0.25) is 0 Å². The number of phenolic OH excluding ortho intramolecular Hbond substituents is 1. The van der Waals surface area contributed by atoms with Crippen molar-refractivity contribution < 1.29 is 19.4 Å². The van der Waals surface area contributed by atoms with Gasteiger partial charge in [-0.05, 0) is 13.0 Å². The molecule has 0 aliphatic rings. The Labute approximate surface area is 92.8 Å². The molecule has 0 saturated carbocycles. The summed E-state index contributed by atoms with van der Waals surface area (Å²) in [5, 5.41) is 18.2. The van der Waals surface area contributed by atoms with E-state index in [9.17, 15) is 9.90 Å². The van der Waals surface area contributed by atoms with Gasteiger partial charge in [0.2, 0.25) is 0 Å². The Morgan fingerprint density at radius 3 is 2.75 bits per heavy atom. The fraction of sp³-hybridized carbons (Fsp3) is 0.273. The average Bonchev–Trinajstić information content (AvgIpc) is 2.27. The van der Waals surface area contributed by atoms with Gasteiger partial charge >= 0.3 is 5.97 Å². The number of carbonyl (C=O) groups is 1. The second-order valence-corrected chi connectivity index (χ2v) is 2.90. The summed E-state index contributed by atoms with van der Waals surface area (Å²) in [4.78, 5) is 11.6. The first-order valence-corrected chi connectivity index (χ1v) is 4.62. The Kier molecular flexibility index (Phi) is 3.72. The number of nitriles is 1. The summed E-state index contributed by atoms with van der Waals surface area (Å²) in [7, 11) is 1.35. The molecule has 1 rings (SSSR count). The Balaban J connectivity index is 3.34. The highest BCUT2D eigenvalue weighted by molar-refractivity contribution is 5.95. The van der Waals surface area contributed by atoms with Crippen LogP contribution >= 0.6 is 0 Å². The molecule has 0 spiro atoms. The van der Waals surface area contributed by atoms with Crippen molar-refractivity contribution in [2.45, 2.75) is 6.92 Å². The number of hydrogen-bond acceptors (Lipinski definition) is 5. The van der Waals surface area contributed by atoms with Gasteiger partial charge in [-0.2, -0.15) is 5.26 Å². The van der Waals surface area contributed by atoms with Crippen LogP contribution in [0.4, 0.5) is 0 Å². The maximum Gasteiger partial charge on any atom is 0.343 e. The van der Waals surface area contributed by atoms with Crippen molar-refractivity contribution in [3.8, 4) is 17.6 Å². The van der Waals surface area contributed by atoms with Gasteiger partial charge in [0.1, 0.15) is 23.1 Å². The summed E-state index contributed by atoms with van der Waals surface area (Å²) in [6.07, 6.45) is 0. The highest BCUT2D eigenvalue weighted by Crippen LogP contribution is 2.28. The first-order valence-electron chi connectivity index (χ1n) is 4.62. The molecule has 0 aliphatic carbocycles. The van der Waals surface area contributed by atoms with E-state index in [1.807, 2.05) is 6.07 Å². The first kappa shape index (κ1) is 11.9. The van der Waals surface area contributed by atoms with E-state index in [2.05, 4.69) is 0 Å². The van der Waals surface area contributed by atoms with Crippen LogP contribution in [0.2, 0.25) is 0 Å². The molecule has 0 amide bonds. The van der Waals surface area contributed by atoms with E-state index in [1.54, 1.807) is 6.92 Å². The van der Waals surface area contributed by atoms with E-state index >= 15 is 0 Å². The number of methoxy groups -OCH3 is 1. The minimum absolute atomic E-state index is 0.0234. The van der Waals surface area contributed by atoms with Crippen molar-refractivity contribution in [1.82, 2.24) is 0 Å². The van der Waals surface area contributed by atoms with Crippen LogP contribution in [0, 0.1) is 11.3 Å². The quantitative estimate of drug-likeness (QED) is 0.781. The third-order valence-corrected chi connectivity index (χ3v) is 1.91. The molecule has 1 N–H and O–H groups in total. The molecule has 16 heavy (non-hydrogen) atoms. The summed E-state index contributed by atoms with van der Waals surface area (Å²) in [6.45, 7) is 1.87. The third-order valence-electron chi connectivity index (χ3n) is 1.91. The standard InChI is InChI=1S/C11H11NO4/c1-3-16-11(14)10-7(6-12)4-8(13)5-9(10)15-2/h4-5,13H,3H2,1-2H3. The number of carbonyl (C=O) groups excluding carboxylic acids is 1. The van der Waals surface area contributed by atoms with Gasteiger partial charge in [-0.1, -0.05) is 0 Å². The minimum Gasteiger partial charge on any atom is -0.508 e. The molecule has 0 saturated heterocycles. The van der Waals surface area contributed by atoms with Crippen molar-refractivity contribution in [2.75, 3.05) is 13.7 Å². The number of ether oxygens (including phenoxy) is 2. The van der Waals surface area contributed by atoms with Crippen LogP contribution in [-0.2, 0) is 4.74 Å². The maximum atomic E-state index is 11.6. The van der Waals surface area contributed by atoms with Crippen molar-refractivity contribution in [3.63, 3.8) is 0 Å². The lowest BCUT2D eigenvalue weighted by molar-refractivity contribution is 0.0522. The summed E-state index contributed by atoms with van der Waals surface area (Å²) >= 11 is 0. The smallest absolute Gasteiger partial charge is 0.343 e. The molecular formula is C11H11NO4. The van der Waals surface area contributed by atoms with Gasteiger partial charge in [0, 0.05) is 6.07 Å². The van der Waals surface area contributed by atoms with E-state index < -0.39 is 5.97 Å². The molecule has 0 heterocycles. The Morgan fingerprint density at radius 2 is 2.25 bits per heavy atom. The van der Waals surface area contributed by atoms with Crippen molar-refractivity contribution in [2.24, 2.45) is 0 Å². The number of esters is 1. The van der Waals surface area contributed by atoms with Crippen LogP contribution in [0.3, 0.4) is 0 Å². The van der Waals surface area contributed by atoms with Crippen LogP contribution < -0.4 is 4.74 Å². The Hall–Kier alpha value is -2.22. The molecule has 0 bridgehead atoms.